The third-order valence-electron chi connectivity index (χ3n) is 1.29. The Bertz CT molecular complexity index is 274. The minimum absolute atomic E-state index is 0.136. The number of nitrogens with zero attached hydrogens (tertiary/aromatic N) is 2. The molecule has 5 nitrogen and oxygen atoms in total. The van der Waals surface area contributed by atoms with Crippen LogP contribution in [-0.2, 0) is 9.13 Å². The molecule has 0 atom stereocenters. The largest absolute Gasteiger partial charge is 0.368 e. The van der Waals surface area contributed by atoms with Crippen LogP contribution in [0.25, 0.3) is 0 Å². The van der Waals surface area contributed by atoms with Gasteiger partial charge in [0, 0.05) is 12.7 Å². The maximum absolute atomic E-state index is 10.4. The van der Waals surface area contributed by atoms with Crippen LogP contribution in [0.1, 0.15) is 0 Å². The van der Waals surface area contributed by atoms with Gasteiger partial charge < -0.3 is 5.32 Å². The normalized spacial score (nSPS) is 12.9. The van der Waals surface area contributed by atoms with Gasteiger partial charge in [-0.3, -0.25) is 9.13 Å². The molecule has 0 aliphatic heterocycles. The van der Waals surface area contributed by atoms with Crippen LogP contribution in [0.2, 0.25) is 0 Å². The van der Waals surface area contributed by atoms with Crippen LogP contribution < -0.4 is 5.32 Å². The molecule has 0 fully saturated rings. The molecule has 1 aromatic heterocycles. The van der Waals surface area contributed by atoms with Crippen molar-refractivity contribution in [1.82, 2.24) is 9.97 Å². The summed E-state index contributed by atoms with van der Waals surface area (Å²) in [4.78, 5) is 7.62. The molecule has 0 amide bonds. The number of hydrogen-bond donors (Lipinski definition) is 1. The third kappa shape index (κ3) is 3.53. The van der Waals surface area contributed by atoms with Gasteiger partial charge in [0.25, 0.3) is 0 Å². The molecule has 1 heterocycles. The summed E-state index contributed by atoms with van der Waals surface area (Å²) in [5.74, 6) is 0.632. The lowest BCUT2D eigenvalue weighted by Crippen LogP contribution is -2.09. The van der Waals surface area contributed by atoms with Crippen molar-refractivity contribution in [2.45, 2.75) is 5.40 Å². The van der Waals surface area contributed by atoms with Crippen molar-refractivity contribution >= 4 is 22.7 Å². The number of rotatable bonds is 5. The zero-order valence-electron chi connectivity index (χ0n) is 6.62. The highest BCUT2D eigenvalue weighted by molar-refractivity contribution is 7.44. The van der Waals surface area contributed by atoms with E-state index in [2.05, 4.69) is 15.3 Å². The molecule has 0 aliphatic carbocycles. The van der Waals surface area contributed by atoms with Crippen molar-refractivity contribution in [3.8, 4) is 0 Å². The van der Waals surface area contributed by atoms with E-state index in [4.69, 9.17) is 0 Å². The van der Waals surface area contributed by atoms with E-state index in [1.165, 1.54) is 6.33 Å². The predicted octanol–water partition coefficient (Wildman–Crippen LogP) is 1.80. The molecule has 0 unspecified atom stereocenters. The third-order valence-corrected chi connectivity index (χ3v) is 2.71. The van der Waals surface area contributed by atoms with Crippen LogP contribution >= 0.6 is 16.9 Å². The van der Waals surface area contributed by atoms with E-state index in [1.54, 1.807) is 12.3 Å². The predicted molar refractivity (Wildman–Crippen MR) is 49.5 cm³/mol. The van der Waals surface area contributed by atoms with Crippen molar-refractivity contribution in [2.75, 3.05) is 11.9 Å². The molecule has 1 rings (SSSR count). The second-order valence-electron chi connectivity index (χ2n) is 2.17. The van der Waals surface area contributed by atoms with Crippen LogP contribution in [-0.4, -0.2) is 21.9 Å². The molecule has 0 radical (unpaired) electrons. The first-order valence-electron chi connectivity index (χ1n) is 3.51. The highest BCUT2D eigenvalue weighted by atomic mass is 31.1. The summed E-state index contributed by atoms with van der Waals surface area (Å²) in [5, 5.41) is 2.46. The summed E-state index contributed by atoms with van der Waals surface area (Å²) in [6, 6.07) is 1.68. The molecule has 68 valence electrons. The average molecular weight is 215 g/mol. The summed E-state index contributed by atoms with van der Waals surface area (Å²) in [6.45, 7) is 0.354. The molecule has 0 saturated heterocycles. The summed E-state index contributed by atoms with van der Waals surface area (Å²) in [5.41, 5.74) is 0. The van der Waals surface area contributed by atoms with Gasteiger partial charge in [-0.2, -0.15) is 0 Å². The summed E-state index contributed by atoms with van der Waals surface area (Å²) >= 11 is 0. The second-order valence-corrected chi connectivity index (χ2v) is 4.24. The first kappa shape index (κ1) is 10.2. The minimum Gasteiger partial charge on any atom is -0.368 e. The Morgan fingerprint density at radius 2 is 2.23 bits per heavy atom. The van der Waals surface area contributed by atoms with Gasteiger partial charge in [-0.15, -0.1) is 0 Å². The maximum atomic E-state index is 10.4. The van der Waals surface area contributed by atoms with Crippen LogP contribution in [0.4, 0.5) is 5.82 Å². The van der Waals surface area contributed by atoms with Crippen LogP contribution in [0.5, 0.6) is 0 Å². The second kappa shape index (κ2) is 5.68. The molecule has 0 aliphatic rings. The van der Waals surface area contributed by atoms with E-state index in [9.17, 15) is 9.13 Å². The standard InChI is InChI=1S/C6H7N3O2P2/c10-12-6(13-11)3-8-5-1-2-7-4-9-5/h1-2,4,6H,3H2,(H,7,8,9). The first-order chi connectivity index (χ1) is 6.36. The van der Waals surface area contributed by atoms with Crippen molar-refractivity contribution < 1.29 is 9.13 Å². The SMILES string of the molecule is O=PC(CNc1ccncn1)P=O. The lowest BCUT2D eigenvalue weighted by Gasteiger charge is -2.03. The molecule has 0 spiro atoms. The highest BCUT2D eigenvalue weighted by Gasteiger charge is 2.07. The van der Waals surface area contributed by atoms with E-state index < -0.39 is 5.40 Å². The number of nitrogens with one attached hydrogen (secondary N) is 1. The van der Waals surface area contributed by atoms with Gasteiger partial charge in [0.2, 0.25) is 0 Å². The Kier molecular flexibility index (Phi) is 4.44. The van der Waals surface area contributed by atoms with Crippen LogP contribution in [0, 0.1) is 0 Å². The monoisotopic (exact) mass is 215 g/mol. The molecule has 0 aromatic carbocycles. The quantitative estimate of drug-likeness (QED) is 0.758. The maximum Gasteiger partial charge on any atom is 0.173 e. The van der Waals surface area contributed by atoms with E-state index in [0.29, 0.717) is 12.4 Å². The summed E-state index contributed by atoms with van der Waals surface area (Å²) < 4.78 is 20.7. The number of hydrogen-bond acceptors (Lipinski definition) is 5. The summed E-state index contributed by atoms with van der Waals surface area (Å²) in [7, 11) is -0.272. The molecular weight excluding hydrogens is 208 g/mol. The molecule has 0 bridgehead atoms. The Morgan fingerprint density at radius 3 is 2.77 bits per heavy atom. The van der Waals surface area contributed by atoms with Gasteiger partial charge in [-0.1, -0.05) is 0 Å². The fourth-order valence-electron chi connectivity index (χ4n) is 0.685. The van der Waals surface area contributed by atoms with Crippen molar-refractivity contribution in [3.63, 3.8) is 0 Å². The molecular formula is C6H7N3O2P2. The molecule has 0 saturated carbocycles. The molecule has 7 heteroatoms. The fraction of sp³-hybridized carbons (Fsp3) is 0.333. The van der Waals surface area contributed by atoms with Crippen molar-refractivity contribution in [2.24, 2.45) is 0 Å². The Balaban J connectivity index is 2.42. The van der Waals surface area contributed by atoms with E-state index in [1.807, 2.05) is 0 Å². The topological polar surface area (TPSA) is 72.0 Å². The van der Waals surface area contributed by atoms with Gasteiger partial charge >= 0.3 is 0 Å². The molecule has 13 heavy (non-hydrogen) atoms. The highest BCUT2D eigenvalue weighted by Crippen LogP contribution is 2.18. The van der Waals surface area contributed by atoms with Crippen molar-refractivity contribution in [1.29, 1.82) is 0 Å². The van der Waals surface area contributed by atoms with Crippen molar-refractivity contribution in [3.05, 3.63) is 18.6 Å². The Morgan fingerprint density at radius 1 is 1.46 bits per heavy atom. The number of anilines is 1. The van der Waals surface area contributed by atoms with Gasteiger partial charge in [-0.25, -0.2) is 9.97 Å². The van der Waals surface area contributed by atoms with Crippen LogP contribution in [0.3, 0.4) is 0 Å². The molecule has 1 N–H and O–H groups in total. The summed E-state index contributed by atoms with van der Waals surface area (Å²) in [6.07, 6.45) is 3.00. The van der Waals surface area contributed by atoms with Gasteiger partial charge in [0.1, 0.15) is 17.5 Å². The van der Waals surface area contributed by atoms with E-state index in [-0.39, 0.29) is 16.9 Å². The Hall–Kier alpha value is -0.920. The molecule has 1 aromatic rings. The Labute approximate surface area is 78.4 Å². The number of aromatic nitrogens is 2. The fourth-order valence-corrected chi connectivity index (χ4v) is 1.17. The smallest absolute Gasteiger partial charge is 0.173 e. The van der Waals surface area contributed by atoms with E-state index >= 15 is 0 Å². The minimum atomic E-state index is -0.421. The average Bonchev–Trinajstić information content (AvgIpc) is 2.21. The van der Waals surface area contributed by atoms with Gasteiger partial charge in [0.15, 0.2) is 16.9 Å². The first-order valence-corrected chi connectivity index (χ1v) is 5.28. The van der Waals surface area contributed by atoms with Gasteiger partial charge in [-0.05, 0) is 6.07 Å². The van der Waals surface area contributed by atoms with Crippen LogP contribution in [0.15, 0.2) is 18.6 Å². The lowest BCUT2D eigenvalue weighted by molar-refractivity contribution is 0.588. The zero-order chi connectivity index (χ0) is 9.52. The zero-order valence-corrected chi connectivity index (χ0v) is 8.41. The van der Waals surface area contributed by atoms with Gasteiger partial charge in [0.05, 0.1) is 0 Å². The lowest BCUT2D eigenvalue weighted by atomic mass is 10.5. The van der Waals surface area contributed by atoms with E-state index in [0.717, 1.165) is 0 Å².